The third kappa shape index (κ3) is 2.07. The molecule has 0 bridgehead atoms. The molecule has 0 amide bonds. The number of hydrogen-bond acceptors (Lipinski definition) is 2. The first-order valence-corrected chi connectivity index (χ1v) is 5.91. The zero-order chi connectivity index (χ0) is 11.7. The summed E-state index contributed by atoms with van der Waals surface area (Å²) in [5, 5.41) is 9.26. The largest absolute Gasteiger partial charge is 0.481 e. The van der Waals surface area contributed by atoms with Gasteiger partial charge in [-0.3, -0.25) is 4.79 Å². The summed E-state index contributed by atoms with van der Waals surface area (Å²) in [5.74, 6) is 0.433. The number of halogens is 1. The fraction of sp³-hybridized carbons (Fsp3) is 0.636. The molecule has 0 radical (unpaired) electrons. The molecule has 0 aliphatic carbocycles. The van der Waals surface area contributed by atoms with Crippen LogP contribution in [-0.4, -0.2) is 20.6 Å². The smallest absolute Gasteiger partial charge is 0.303 e. The van der Waals surface area contributed by atoms with E-state index < -0.39 is 5.97 Å². The molecule has 1 aliphatic rings. The summed E-state index contributed by atoms with van der Waals surface area (Å²) in [5.41, 5.74) is 1.03. The Balaban J connectivity index is 2.22. The molecule has 1 aromatic rings. The fourth-order valence-corrected chi connectivity index (χ4v) is 2.81. The van der Waals surface area contributed by atoms with Crippen molar-refractivity contribution in [2.75, 3.05) is 0 Å². The average molecular weight is 243 g/mol. The Morgan fingerprint density at radius 1 is 1.69 bits per heavy atom. The second-order valence-electron chi connectivity index (χ2n) is 4.26. The van der Waals surface area contributed by atoms with Crippen LogP contribution in [0.5, 0.6) is 0 Å². The standard InChI is InChI=1S/C11H15ClN2O2/c1-7-13-11(12)10-8(4-5-9(15)16)3-2-6-14(7)10/h8H,2-6H2,1H3,(H,15,16). The van der Waals surface area contributed by atoms with E-state index in [9.17, 15) is 4.79 Å². The van der Waals surface area contributed by atoms with E-state index in [-0.39, 0.29) is 12.3 Å². The second kappa shape index (κ2) is 4.45. The topological polar surface area (TPSA) is 55.1 Å². The van der Waals surface area contributed by atoms with Crippen molar-refractivity contribution in [3.05, 3.63) is 16.7 Å². The summed E-state index contributed by atoms with van der Waals surface area (Å²) in [7, 11) is 0. The van der Waals surface area contributed by atoms with E-state index in [1.165, 1.54) is 0 Å². The minimum atomic E-state index is -0.746. The number of aryl methyl sites for hydroxylation is 1. The van der Waals surface area contributed by atoms with Gasteiger partial charge in [-0.15, -0.1) is 0 Å². The van der Waals surface area contributed by atoms with Gasteiger partial charge in [0.05, 0.1) is 5.69 Å². The maximum absolute atomic E-state index is 10.6. The van der Waals surface area contributed by atoms with Crippen LogP contribution in [0.2, 0.25) is 5.15 Å². The van der Waals surface area contributed by atoms with Crippen LogP contribution in [0.3, 0.4) is 0 Å². The van der Waals surface area contributed by atoms with Crippen LogP contribution < -0.4 is 0 Å². The van der Waals surface area contributed by atoms with Crippen molar-refractivity contribution in [3.63, 3.8) is 0 Å². The van der Waals surface area contributed by atoms with Crippen molar-refractivity contribution in [2.24, 2.45) is 0 Å². The van der Waals surface area contributed by atoms with Gasteiger partial charge in [0.25, 0.3) is 0 Å². The predicted molar refractivity (Wildman–Crippen MR) is 60.8 cm³/mol. The molecule has 0 saturated carbocycles. The van der Waals surface area contributed by atoms with E-state index in [1.54, 1.807) is 0 Å². The first-order chi connectivity index (χ1) is 7.59. The average Bonchev–Trinajstić information content (AvgIpc) is 2.52. The minimum absolute atomic E-state index is 0.200. The van der Waals surface area contributed by atoms with Gasteiger partial charge in [0.2, 0.25) is 0 Å². The van der Waals surface area contributed by atoms with Crippen molar-refractivity contribution in [1.82, 2.24) is 9.55 Å². The van der Waals surface area contributed by atoms with Gasteiger partial charge in [0, 0.05) is 18.9 Å². The number of carboxylic acid groups (broad SMARTS) is 1. The zero-order valence-corrected chi connectivity index (χ0v) is 10.00. The Hall–Kier alpha value is -1.03. The minimum Gasteiger partial charge on any atom is -0.481 e. The molecule has 2 rings (SSSR count). The molecule has 0 fully saturated rings. The van der Waals surface area contributed by atoms with E-state index in [0.717, 1.165) is 30.9 Å². The van der Waals surface area contributed by atoms with Crippen LogP contribution in [0.4, 0.5) is 0 Å². The van der Waals surface area contributed by atoms with Crippen LogP contribution in [0.15, 0.2) is 0 Å². The lowest BCUT2D eigenvalue weighted by atomic mass is 9.92. The Morgan fingerprint density at radius 2 is 2.44 bits per heavy atom. The van der Waals surface area contributed by atoms with Crippen LogP contribution in [0.25, 0.3) is 0 Å². The summed E-state index contributed by atoms with van der Waals surface area (Å²) in [6.07, 6.45) is 2.94. The van der Waals surface area contributed by atoms with Crippen molar-refractivity contribution in [2.45, 2.75) is 45.1 Å². The van der Waals surface area contributed by atoms with Crippen LogP contribution in [-0.2, 0) is 11.3 Å². The number of aliphatic carboxylic acids is 1. The van der Waals surface area contributed by atoms with Crippen LogP contribution in [0, 0.1) is 6.92 Å². The highest BCUT2D eigenvalue weighted by molar-refractivity contribution is 6.30. The molecule has 0 saturated heterocycles. The van der Waals surface area contributed by atoms with Gasteiger partial charge in [0.15, 0.2) is 5.15 Å². The molecule has 1 aliphatic heterocycles. The number of carbonyl (C=O) groups is 1. The first kappa shape index (κ1) is 11.5. The Labute approximate surface area is 99.2 Å². The van der Waals surface area contributed by atoms with Gasteiger partial charge in [-0.2, -0.15) is 0 Å². The van der Waals surface area contributed by atoms with Gasteiger partial charge in [-0.25, -0.2) is 4.98 Å². The summed E-state index contributed by atoms with van der Waals surface area (Å²) < 4.78 is 2.12. The lowest BCUT2D eigenvalue weighted by Crippen LogP contribution is -2.17. The van der Waals surface area contributed by atoms with Crippen molar-refractivity contribution >= 4 is 17.6 Å². The summed E-state index contributed by atoms with van der Waals surface area (Å²) >= 11 is 6.09. The second-order valence-corrected chi connectivity index (χ2v) is 4.62. The predicted octanol–water partition coefficient (Wildman–Crippen LogP) is 2.59. The van der Waals surface area contributed by atoms with Crippen molar-refractivity contribution in [1.29, 1.82) is 0 Å². The molecular weight excluding hydrogens is 228 g/mol. The number of carboxylic acids is 1. The van der Waals surface area contributed by atoms with Gasteiger partial charge in [0.1, 0.15) is 5.82 Å². The third-order valence-corrected chi connectivity index (χ3v) is 3.46. The van der Waals surface area contributed by atoms with Gasteiger partial charge < -0.3 is 9.67 Å². The van der Waals surface area contributed by atoms with Crippen LogP contribution >= 0.6 is 11.6 Å². The highest BCUT2D eigenvalue weighted by atomic mass is 35.5. The summed E-state index contributed by atoms with van der Waals surface area (Å²) in [6.45, 7) is 2.89. The normalized spacial score (nSPS) is 19.5. The molecule has 5 heteroatoms. The molecule has 0 spiro atoms. The number of nitrogens with zero attached hydrogens (tertiary/aromatic N) is 2. The molecular formula is C11H15ClN2O2. The number of rotatable bonds is 3. The van der Waals surface area contributed by atoms with Gasteiger partial charge >= 0.3 is 5.97 Å². The molecule has 2 heterocycles. The summed E-state index contributed by atoms with van der Waals surface area (Å²) in [4.78, 5) is 14.8. The highest BCUT2D eigenvalue weighted by Gasteiger charge is 2.26. The van der Waals surface area contributed by atoms with E-state index in [1.807, 2.05) is 6.92 Å². The number of hydrogen-bond donors (Lipinski definition) is 1. The lowest BCUT2D eigenvalue weighted by molar-refractivity contribution is -0.137. The molecule has 1 N–H and O–H groups in total. The molecule has 1 aromatic heterocycles. The Morgan fingerprint density at radius 3 is 3.12 bits per heavy atom. The molecule has 88 valence electrons. The van der Waals surface area contributed by atoms with Gasteiger partial charge in [-0.05, 0) is 26.2 Å². The van der Waals surface area contributed by atoms with E-state index >= 15 is 0 Å². The lowest BCUT2D eigenvalue weighted by Gasteiger charge is -2.24. The maximum Gasteiger partial charge on any atom is 0.303 e. The zero-order valence-electron chi connectivity index (χ0n) is 9.24. The number of imidazole rings is 1. The number of fused-ring (bicyclic) bond motifs is 1. The van der Waals surface area contributed by atoms with Gasteiger partial charge in [-0.1, -0.05) is 11.6 Å². The van der Waals surface area contributed by atoms with Crippen LogP contribution in [0.1, 0.15) is 43.1 Å². The number of aromatic nitrogens is 2. The van der Waals surface area contributed by atoms with E-state index in [2.05, 4.69) is 9.55 Å². The van der Waals surface area contributed by atoms with Crippen molar-refractivity contribution in [3.8, 4) is 0 Å². The molecule has 4 nitrogen and oxygen atoms in total. The van der Waals surface area contributed by atoms with Crippen molar-refractivity contribution < 1.29 is 9.90 Å². The van der Waals surface area contributed by atoms with E-state index in [4.69, 9.17) is 16.7 Å². The van der Waals surface area contributed by atoms with E-state index in [0.29, 0.717) is 11.6 Å². The first-order valence-electron chi connectivity index (χ1n) is 5.54. The Kier molecular flexibility index (Phi) is 3.19. The quantitative estimate of drug-likeness (QED) is 0.886. The third-order valence-electron chi connectivity index (χ3n) is 3.18. The maximum atomic E-state index is 10.6. The molecule has 0 aromatic carbocycles. The Bertz CT molecular complexity index is 414. The highest BCUT2D eigenvalue weighted by Crippen LogP contribution is 2.36. The fourth-order valence-electron chi connectivity index (χ4n) is 2.43. The molecule has 1 unspecified atom stereocenters. The molecule has 16 heavy (non-hydrogen) atoms. The monoisotopic (exact) mass is 242 g/mol. The summed E-state index contributed by atoms with van der Waals surface area (Å²) in [6, 6.07) is 0. The SMILES string of the molecule is Cc1nc(Cl)c2n1CCCC2CCC(=O)O. The molecule has 1 atom stereocenters.